The van der Waals surface area contributed by atoms with E-state index in [9.17, 15) is 0 Å². The Labute approximate surface area is 101 Å². The summed E-state index contributed by atoms with van der Waals surface area (Å²) in [6.07, 6.45) is 1.43. The Kier molecular flexibility index (Phi) is 2.84. The quantitative estimate of drug-likeness (QED) is 0.866. The van der Waals surface area contributed by atoms with Crippen LogP contribution in [0.25, 0.3) is 11.3 Å². The summed E-state index contributed by atoms with van der Waals surface area (Å²) in [4.78, 5) is 7.86. The van der Waals surface area contributed by atoms with Crippen LogP contribution in [-0.4, -0.2) is 9.97 Å². The maximum atomic E-state index is 8.95. The van der Waals surface area contributed by atoms with Crippen molar-refractivity contribution in [3.05, 3.63) is 40.5 Å². The van der Waals surface area contributed by atoms with Crippen molar-refractivity contribution in [2.75, 3.05) is 5.73 Å². The maximum absolute atomic E-state index is 8.95. The van der Waals surface area contributed by atoms with Gasteiger partial charge < -0.3 is 5.73 Å². The minimum atomic E-state index is 0.164. The highest BCUT2D eigenvalue weighted by molar-refractivity contribution is 9.10. The largest absolute Gasteiger partial charge is 0.368 e. The number of nitrogens with two attached hydrogens (primary N) is 1. The summed E-state index contributed by atoms with van der Waals surface area (Å²) in [7, 11) is 0. The number of nitrogen functional groups attached to an aromatic ring is 1. The van der Waals surface area contributed by atoms with Gasteiger partial charge in [-0.1, -0.05) is 28.1 Å². The SMILES string of the molecule is N#Cc1cnc(N)nc1-c1ccc(Br)cc1. The van der Waals surface area contributed by atoms with Gasteiger partial charge in [-0.25, -0.2) is 9.97 Å². The Morgan fingerprint density at radius 1 is 1.25 bits per heavy atom. The normalized spacial score (nSPS) is 9.75. The number of benzene rings is 1. The minimum Gasteiger partial charge on any atom is -0.368 e. The number of nitrogens with zero attached hydrogens (tertiary/aromatic N) is 3. The van der Waals surface area contributed by atoms with Gasteiger partial charge in [-0.15, -0.1) is 0 Å². The van der Waals surface area contributed by atoms with Gasteiger partial charge in [-0.3, -0.25) is 0 Å². The van der Waals surface area contributed by atoms with E-state index >= 15 is 0 Å². The van der Waals surface area contributed by atoms with Crippen LogP contribution in [0.1, 0.15) is 5.56 Å². The molecule has 2 aromatic rings. The molecule has 0 saturated heterocycles. The average Bonchev–Trinajstić information content (AvgIpc) is 2.30. The first kappa shape index (κ1) is 10.6. The van der Waals surface area contributed by atoms with Crippen LogP contribution < -0.4 is 5.73 Å². The topological polar surface area (TPSA) is 75.6 Å². The average molecular weight is 275 g/mol. The van der Waals surface area contributed by atoms with Crippen molar-refractivity contribution in [2.45, 2.75) is 0 Å². The molecule has 0 fully saturated rings. The molecule has 4 nitrogen and oxygen atoms in total. The molecule has 2 rings (SSSR count). The molecule has 0 aliphatic rings. The highest BCUT2D eigenvalue weighted by Gasteiger charge is 2.07. The Morgan fingerprint density at radius 3 is 2.56 bits per heavy atom. The third-order valence-corrected chi connectivity index (χ3v) is 2.57. The van der Waals surface area contributed by atoms with Crippen LogP contribution in [0.3, 0.4) is 0 Å². The molecule has 16 heavy (non-hydrogen) atoms. The van der Waals surface area contributed by atoms with E-state index in [0.717, 1.165) is 10.0 Å². The molecule has 0 spiro atoms. The fraction of sp³-hybridized carbons (Fsp3) is 0. The molecule has 1 heterocycles. The zero-order chi connectivity index (χ0) is 11.5. The van der Waals surface area contributed by atoms with Gasteiger partial charge >= 0.3 is 0 Å². The van der Waals surface area contributed by atoms with E-state index in [-0.39, 0.29) is 5.95 Å². The van der Waals surface area contributed by atoms with Gasteiger partial charge in [-0.2, -0.15) is 5.26 Å². The molecular weight excluding hydrogens is 268 g/mol. The third kappa shape index (κ3) is 2.02. The van der Waals surface area contributed by atoms with Crippen LogP contribution >= 0.6 is 15.9 Å². The second-order valence-electron chi connectivity index (χ2n) is 3.11. The summed E-state index contributed by atoms with van der Waals surface area (Å²) < 4.78 is 0.969. The van der Waals surface area contributed by atoms with E-state index < -0.39 is 0 Å². The first-order valence-electron chi connectivity index (χ1n) is 4.49. The fourth-order valence-corrected chi connectivity index (χ4v) is 1.57. The van der Waals surface area contributed by atoms with Crippen molar-refractivity contribution in [1.29, 1.82) is 5.26 Å². The van der Waals surface area contributed by atoms with Gasteiger partial charge in [0.1, 0.15) is 6.07 Å². The number of hydrogen-bond acceptors (Lipinski definition) is 4. The van der Waals surface area contributed by atoms with E-state index in [4.69, 9.17) is 11.0 Å². The van der Waals surface area contributed by atoms with Crippen molar-refractivity contribution < 1.29 is 0 Å². The first-order valence-corrected chi connectivity index (χ1v) is 5.28. The van der Waals surface area contributed by atoms with Crippen LogP contribution in [0.4, 0.5) is 5.95 Å². The van der Waals surface area contributed by atoms with Gasteiger partial charge in [-0.05, 0) is 12.1 Å². The number of nitriles is 1. The van der Waals surface area contributed by atoms with Crippen LogP contribution in [0.2, 0.25) is 0 Å². The Bertz CT molecular complexity index is 557. The Balaban J connectivity index is 2.59. The number of rotatable bonds is 1. The van der Waals surface area contributed by atoms with Crippen molar-refractivity contribution >= 4 is 21.9 Å². The molecule has 0 aliphatic heterocycles. The number of anilines is 1. The highest BCUT2D eigenvalue weighted by Crippen LogP contribution is 2.23. The molecule has 2 N–H and O–H groups in total. The first-order chi connectivity index (χ1) is 7.70. The van der Waals surface area contributed by atoms with Crippen LogP contribution in [0.15, 0.2) is 34.9 Å². The summed E-state index contributed by atoms with van der Waals surface area (Å²) in [5, 5.41) is 8.95. The molecule has 1 aromatic carbocycles. The minimum absolute atomic E-state index is 0.164. The van der Waals surface area contributed by atoms with Crippen LogP contribution in [0.5, 0.6) is 0 Å². The van der Waals surface area contributed by atoms with Crippen molar-refractivity contribution in [3.8, 4) is 17.3 Å². The van der Waals surface area contributed by atoms with Gasteiger partial charge in [0.25, 0.3) is 0 Å². The van der Waals surface area contributed by atoms with E-state index in [2.05, 4.69) is 25.9 Å². The molecule has 0 saturated carbocycles. The number of hydrogen-bond donors (Lipinski definition) is 1. The molecule has 0 unspecified atom stereocenters. The second kappa shape index (κ2) is 4.29. The lowest BCUT2D eigenvalue weighted by molar-refractivity contribution is 1.17. The van der Waals surface area contributed by atoms with Gasteiger partial charge in [0.15, 0.2) is 0 Å². The molecule has 0 bridgehead atoms. The summed E-state index contributed by atoms with van der Waals surface area (Å²) in [5.41, 5.74) is 7.32. The van der Waals surface area contributed by atoms with E-state index in [1.54, 1.807) is 0 Å². The summed E-state index contributed by atoms with van der Waals surface area (Å²) in [5.74, 6) is 0.164. The monoisotopic (exact) mass is 274 g/mol. The lowest BCUT2D eigenvalue weighted by atomic mass is 10.1. The van der Waals surface area contributed by atoms with Crippen molar-refractivity contribution in [3.63, 3.8) is 0 Å². The molecular formula is C11H7BrN4. The van der Waals surface area contributed by atoms with Crippen molar-refractivity contribution in [2.24, 2.45) is 0 Å². The predicted octanol–water partition coefficient (Wildman–Crippen LogP) is 2.36. The zero-order valence-corrected chi connectivity index (χ0v) is 9.77. The van der Waals surface area contributed by atoms with Gasteiger partial charge in [0.05, 0.1) is 17.5 Å². The molecule has 78 valence electrons. The van der Waals surface area contributed by atoms with E-state index in [0.29, 0.717) is 11.3 Å². The van der Waals surface area contributed by atoms with Crippen LogP contribution in [0, 0.1) is 11.3 Å². The zero-order valence-electron chi connectivity index (χ0n) is 8.18. The Hall–Kier alpha value is -1.93. The highest BCUT2D eigenvalue weighted by atomic mass is 79.9. The molecule has 0 atom stereocenters. The summed E-state index contributed by atoms with van der Waals surface area (Å²) in [6, 6.07) is 9.55. The molecule has 5 heteroatoms. The number of halogens is 1. The van der Waals surface area contributed by atoms with E-state index in [1.807, 2.05) is 30.3 Å². The van der Waals surface area contributed by atoms with Crippen LogP contribution in [-0.2, 0) is 0 Å². The lowest BCUT2D eigenvalue weighted by Crippen LogP contribution is -1.98. The second-order valence-corrected chi connectivity index (χ2v) is 4.02. The van der Waals surface area contributed by atoms with Crippen molar-refractivity contribution in [1.82, 2.24) is 9.97 Å². The molecule has 0 amide bonds. The molecule has 1 aromatic heterocycles. The van der Waals surface area contributed by atoms with E-state index in [1.165, 1.54) is 6.20 Å². The Morgan fingerprint density at radius 2 is 1.94 bits per heavy atom. The lowest BCUT2D eigenvalue weighted by Gasteiger charge is -2.03. The fourth-order valence-electron chi connectivity index (χ4n) is 1.31. The maximum Gasteiger partial charge on any atom is 0.220 e. The summed E-state index contributed by atoms with van der Waals surface area (Å²) in [6.45, 7) is 0. The number of aromatic nitrogens is 2. The predicted molar refractivity (Wildman–Crippen MR) is 64.3 cm³/mol. The molecule has 0 radical (unpaired) electrons. The molecule has 0 aliphatic carbocycles. The third-order valence-electron chi connectivity index (χ3n) is 2.05. The smallest absolute Gasteiger partial charge is 0.220 e. The standard InChI is InChI=1S/C11H7BrN4/c12-9-3-1-7(2-4-9)10-8(5-13)6-15-11(14)16-10/h1-4,6H,(H2,14,15,16). The van der Waals surface area contributed by atoms with Gasteiger partial charge in [0, 0.05) is 10.0 Å². The van der Waals surface area contributed by atoms with Gasteiger partial charge in [0.2, 0.25) is 5.95 Å². The summed E-state index contributed by atoms with van der Waals surface area (Å²) >= 11 is 3.35.